The van der Waals surface area contributed by atoms with Crippen LogP contribution in [0.1, 0.15) is 42.2 Å². The highest BCUT2D eigenvalue weighted by molar-refractivity contribution is 6.36. The zero-order chi connectivity index (χ0) is 21.8. The smallest absolute Gasteiger partial charge is 0.265 e. The minimum atomic E-state index is -0.320. The molecule has 1 aliphatic heterocycles. The summed E-state index contributed by atoms with van der Waals surface area (Å²) in [5.41, 5.74) is 5.13. The van der Waals surface area contributed by atoms with Gasteiger partial charge in [-0.15, -0.1) is 0 Å². The Hall–Kier alpha value is -4.25. The molecule has 0 atom stereocenters. The number of anilines is 2. The van der Waals surface area contributed by atoms with Crippen molar-refractivity contribution in [3.63, 3.8) is 0 Å². The van der Waals surface area contributed by atoms with E-state index in [0.717, 1.165) is 23.6 Å². The highest BCUT2D eigenvalue weighted by Gasteiger charge is 2.35. The summed E-state index contributed by atoms with van der Waals surface area (Å²) in [5, 5.41) is 4.69. The van der Waals surface area contributed by atoms with E-state index in [1.54, 1.807) is 48.5 Å². The number of amides is 3. The lowest BCUT2D eigenvalue weighted by Gasteiger charge is -2.27. The fourth-order valence-electron chi connectivity index (χ4n) is 4.74. The predicted octanol–water partition coefficient (Wildman–Crippen LogP) is 4.99. The number of aryl methyl sites for hydroxylation is 2. The maximum absolute atomic E-state index is 13.3. The van der Waals surface area contributed by atoms with Crippen molar-refractivity contribution in [2.75, 3.05) is 10.2 Å². The van der Waals surface area contributed by atoms with E-state index in [9.17, 15) is 14.4 Å². The lowest BCUT2D eigenvalue weighted by Crippen LogP contribution is -2.40. The maximum Gasteiger partial charge on any atom is 0.265 e. The lowest BCUT2D eigenvalue weighted by atomic mass is 9.91. The molecule has 0 unspecified atom stereocenters. The molecule has 0 aromatic heterocycles. The number of carbonyl (C=O) groups is 3. The number of imide groups is 1. The van der Waals surface area contributed by atoms with E-state index in [-0.39, 0.29) is 17.7 Å². The lowest BCUT2D eigenvalue weighted by molar-refractivity contribution is 0.0892. The van der Waals surface area contributed by atoms with Gasteiger partial charge in [-0.05, 0) is 77.9 Å². The Kier molecular flexibility index (Phi) is 3.98. The average molecular weight is 418 g/mol. The molecule has 0 radical (unpaired) electrons. The molecule has 2 aliphatic rings. The molecule has 1 N–H and O–H groups in total. The number of nitrogens with one attached hydrogen (secondary N) is 1. The molecule has 154 valence electrons. The fourth-order valence-corrected chi connectivity index (χ4v) is 4.74. The third-order valence-electron chi connectivity index (χ3n) is 6.28. The van der Waals surface area contributed by atoms with Crippen molar-refractivity contribution in [3.8, 4) is 0 Å². The van der Waals surface area contributed by atoms with Crippen LogP contribution in [0.3, 0.4) is 0 Å². The summed E-state index contributed by atoms with van der Waals surface area (Å²) < 4.78 is 0. The minimum absolute atomic E-state index is 0.221. The number of carbonyl (C=O) groups excluding carboxylic acids is 3. The van der Waals surface area contributed by atoms with Crippen LogP contribution >= 0.6 is 0 Å². The largest absolute Gasteiger partial charge is 0.322 e. The van der Waals surface area contributed by atoms with Crippen molar-refractivity contribution in [3.05, 3.63) is 107 Å². The van der Waals surface area contributed by atoms with Gasteiger partial charge in [0.1, 0.15) is 0 Å². The molecular weight excluding hydrogens is 400 g/mol. The molecule has 6 rings (SSSR count). The number of rotatable bonds is 3. The molecule has 5 heteroatoms. The van der Waals surface area contributed by atoms with Crippen molar-refractivity contribution in [2.45, 2.75) is 12.8 Å². The van der Waals surface area contributed by atoms with Crippen molar-refractivity contribution >= 4 is 39.9 Å². The van der Waals surface area contributed by atoms with Crippen LogP contribution in [0.25, 0.3) is 10.8 Å². The Labute approximate surface area is 184 Å². The van der Waals surface area contributed by atoms with Gasteiger partial charge in [-0.25, -0.2) is 4.90 Å². The molecule has 4 aromatic carbocycles. The van der Waals surface area contributed by atoms with Gasteiger partial charge in [-0.3, -0.25) is 14.4 Å². The van der Waals surface area contributed by atoms with Crippen LogP contribution in [0, 0.1) is 0 Å². The zero-order valence-corrected chi connectivity index (χ0v) is 17.1. The van der Waals surface area contributed by atoms with Gasteiger partial charge in [0.05, 0.1) is 5.69 Å². The molecule has 0 saturated carbocycles. The molecule has 1 heterocycles. The maximum atomic E-state index is 13.3. The third kappa shape index (κ3) is 2.68. The molecule has 0 saturated heterocycles. The normalized spacial score (nSPS) is 14.2. The van der Waals surface area contributed by atoms with Crippen molar-refractivity contribution in [1.29, 1.82) is 0 Å². The average Bonchev–Trinajstić information content (AvgIpc) is 3.25. The Morgan fingerprint density at radius 3 is 1.88 bits per heavy atom. The van der Waals surface area contributed by atoms with Crippen LogP contribution in [0.4, 0.5) is 11.4 Å². The number of hydrogen-bond donors (Lipinski definition) is 1. The second-order valence-corrected chi connectivity index (χ2v) is 8.11. The summed E-state index contributed by atoms with van der Waals surface area (Å²) in [6, 6.07) is 23.4. The van der Waals surface area contributed by atoms with Crippen LogP contribution in [0.15, 0.2) is 78.9 Å². The number of benzene rings is 4. The molecule has 0 spiro atoms. The summed E-state index contributed by atoms with van der Waals surface area (Å²) in [6.45, 7) is 0. The van der Waals surface area contributed by atoms with Crippen LogP contribution in [0.2, 0.25) is 0 Å². The van der Waals surface area contributed by atoms with E-state index in [4.69, 9.17) is 0 Å². The zero-order valence-electron chi connectivity index (χ0n) is 17.1. The first-order valence-electron chi connectivity index (χ1n) is 10.5. The fraction of sp³-hybridized carbons (Fsp3) is 0.0741. The summed E-state index contributed by atoms with van der Waals surface area (Å²) in [5.74, 6) is -0.862. The minimum Gasteiger partial charge on any atom is -0.322 e. The first-order chi connectivity index (χ1) is 15.6. The Morgan fingerprint density at radius 1 is 0.688 bits per heavy atom. The molecule has 4 aromatic rings. The molecule has 0 fully saturated rings. The van der Waals surface area contributed by atoms with E-state index in [1.807, 2.05) is 30.3 Å². The number of nitrogens with zero attached hydrogens (tertiary/aromatic N) is 1. The molecule has 3 amide bonds. The van der Waals surface area contributed by atoms with E-state index in [2.05, 4.69) is 5.32 Å². The second kappa shape index (κ2) is 6.89. The van der Waals surface area contributed by atoms with E-state index in [1.165, 1.54) is 16.0 Å². The van der Waals surface area contributed by atoms with Gasteiger partial charge in [-0.2, -0.15) is 0 Å². The Morgan fingerprint density at radius 2 is 1.28 bits per heavy atom. The highest BCUT2D eigenvalue weighted by Crippen LogP contribution is 2.39. The van der Waals surface area contributed by atoms with Gasteiger partial charge in [0.2, 0.25) is 0 Å². The van der Waals surface area contributed by atoms with Crippen LogP contribution < -0.4 is 10.2 Å². The van der Waals surface area contributed by atoms with E-state index >= 15 is 0 Å². The Bertz CT molecular complexity index is 1380. The first-order valence-corrected chi connectivity index (χ1v) is 10.5. The molecule has 1 aliphatic carbocycles. The molecular formula is C27H18N2O3. The van der Waals surface area contributed by atoms with Crippen LogP contribution in [0.5, 0.6) is 0 Å². The third-order valence-corrected chi connectivity index (χ3v) is 6.28. The standard InChI is InChI=1S/C27H18N2O3/c30-25(18-4-2-1-3-5-18)28-19-10-12-20(13-11-19)29-26(31)21-14-8-16-6-7-17-9-15-22(27(29)32)24(21)23(16)17/h1-5,8-15H,6-7H2,(H,28,30). The SMILES string of the molecule is O=C(Nc1ccc(N2C(=O)c3ccc4c5c(ccc(c35)C2=O)CC4)cc1)c1ccccc1. The van der Waals surface area contributed by atoms with Crippen molar-refractivity contribution in [2.24, 2.45) is 0 Å². The molecule has 5 nitrogen and oxygen atoms in total. The van der Waals surface area contributed by atoms with Crippen molar-refractivity contribution < 1.29 is 14.4 Å². The van der Waals surface area contributed by atoms with Gasteiger partial charge in [0.25, 0.3) is 17.7 Å². The van der Waals surface area contributed by atoms with Gasteiger partial charge in [0, 0.05) is 27.8 Å². The monoisotopic (exact) mass is 418 g/mol. The van der Waals surface area contributed by atoms with Gasteiger partial charge in [-0.1, -0.05) is 30.3 Å². The van der Waals surface area contributed by atoms with Crippen LogP contribution in [-0.4, -0.2) is 17.7 Å². The second-order valence-electron chi connectivity index (χ2n) is 8.11. The molecule has 0 bridgehead atoms. The molecule has 32 heavy (non-hydrogen) atoms. The van der Waals surface area contributed by atoms with E-state index in [0.29, 0.717) is 28.1 Å². The van der Waals surface area contributed by atoms with Gasteiger partial charge < -0.3 is 5.32 Å². The summed E-state index contributed by atoms with van der Waals surface area (Å²) in [4.78, 5) is 40.3. The van der Waals surface area contributed by atoms with Gasteiger partial charge >= 0.3 is 0 Å². The summed E-state index contributed by atoms with van der Waals surface area (Å²) in [6.07, 6.45) is 1.88. The summed E-state index contributed by atoms with van der Waals surface area (Å²) in [7, 11) is 0. The quantitative estimate of drug-likeness (QED) is 0.477. The first kappa shape index (κ1) is 18.5. The number of hydrogen-bond acceptors (Lipinski definition) is 3. The highest BCUT2D eigenvalue weighted by atomic mass is 16.2. The summed E-state index contributed by atoms with van der Waals surface area (Å²) >= 11 is 0. The Balaban J connectivity index is 1.34. The predicted molar refractivity (Wildman–Crippen MR) is 123 cm³/mol. The van der Waals surface area contributed by atoms with Gasteiger partial charge in [0.15, 0.2) is 0 Å². The van der Waals surface area contributed by atoms with E-state index < -0.39 is 0 Å². The van der Waals surface area contributed by atoms with Crippen molar-refractivity contribution in [1.82, 2.24) is 0 Å². The van der Waals surface area contributed by atoms with Crippen LogP contribution in [-0.2, 0) is 12.8 Å². The topological polar surface area (TPSA) is 66.5 Å².